The molecule has 0 N–H and O–H groups in total. The van der Waals surface area contributed by atoms with Gasteiger partial charge in [0.25, 0.3) is 0 Å². The average Bonchev–Trinajstić information content (AvgIpc) is 3.09. The molecule has 0 amide bonds. The van der Waals surface area contributed by atoms with E-state index in [4.69, 9.17) is 23.2 Å². The molecular formula is C36H37B5Cl2F7-5. The van der Waals surface area contributed by atoms with Crippen LogP contribution in [0.15, 0.2) is 97.1 Å². The molecule has 0 fully saturated rings. The number of fused-ring (bicyclic) bond motifs is 1. The Kier molecular flexibility index (Phi) is 16.9. The summed E-state index contributed by atoms with van der Waals surface area (Å²) in [7, 11) is -0.117. The van der Waals surface area contributed by atoms with Gasteiger partial charge in [0.2, 0.25) is 0 Å². The first-order chi connectivity index (χ1) is 23.4. The molecule has 0 saturated heterocycles. The van der Waals surface area contributed by atoms with E-state index in [1.807, 2.05) is 43.3 Å². The van der Waals surface area contributed by atoms with Crippen LogP contribution in [0, 0.1) is 54.6 Å². The molecule has 6 rings (SSSR count). The molecule has 6 aromatic rings. The largest absolute Gasteiger partial charge is 0.219 e. The number of benzene rings is 6. The van der Waals surface area contributed by atoms with Crippen molar-refractivity contribution < 1.29 is 30.7 Å². The molecule has 0 aromatic heterocycles. The second-order valence-electron chi connectivity index (χ2n) is 8.66. The van der Waals surface area contributed by atoms with E-state index in [1.165, 1.54) is 38.8 Å². The van der Waals surface area contributed by atoms with Crippen molar-refractivity contribution >= 4 is 101 Å². The number of hydrogen-bond donors (Lipinski definition) is 0. The zero-order chi connectivity index (χ0) is 37.7. The molecule has 14 heteroatoms. The molecule has 0 spiro atoms. The standard InChI is InChI=1S/C10H10B.2C7H9BF.C6H6BCl2.C6H3BF5/c11-10-7-3-5-8-4-1-2-6-9(8)10;1-5-2-3-6(9)4-7(5)8;1-5-2-3-6(8)4-7(5)9;7-4-1-2-5(8)6(9)3-4;7-1-2(8)4(10)6(12)5(11)3(1)9/h1-7H,11H3;2*2-4H,1,8H3;1-3H,7H3;7H3/q5*-1. The SMILES string of the molecule is [BH3-]c1c(F)c(F)c(F)c(F)c1F.[BH3-]c1cc(F)ccc1C.[BH3-]c1ccc(C)c(F)c1.[BH3-]c1ccc(Cl)c(Cl)c1.[BH3-]c1cccc2ccccc12. The van der Waals surface area contributed by atoms with Gasteiger partial charge < -0.3 is 0 Å². The van der Waals surface area contributed by atoms with Crippen molar-refractivity contribution in [2.45, 2.75) is 13.8 Å². The van der Waals surface area contributed by atoms with Crippen LogP contribution in [-0.2, 0) is 0 Å². The van der Waals surface area contributed by atoms with Crippen molar-refractivity contribution in [1.29, 1.82) is 0 Å². The van der Waals surface area contributed by atoms with Crippen molar-refractivity contribution in [1.82, 2.24) is 0 Å². The van der Waals surface area contributed by atoms with E-state index in [-0.39, 0.29) is 35.2 Å². The molecule has 50 heavy (non-hydrogen) atoms. The van der Waals surface area contributed by atoms with E-state index in [2.05, 4.69) is 42.5 Å². The van der Waals surface area contributed by atoms with Gasteiger partial charge in [0.05, 0.1) is 10.0 Å². The molecule has 0 aliphatic heterocycles. The normalized spacial score (nSPS) is 10.0. The lowest BCUT2D eigenvalue weighted by Gasteiger charge is -2.06. The van der Waals surface area contributed by atoms with Crippen LogP contribution in [0.5, 0.6) is 0 Å². The Hall–Kier alpha value is -4.01. The zero-order valence-electron chi connectivity index (χ0n) is 23.6. The minimum Gasteiger partial charge on any atom is -0.219 e. The molecule has 6 aromatic carbocycles. The van der Waals surface area contributed by atoms with E-state index in [1.54, 1.807) is 24.5 Å². The maximum Gasteiger partial charge on any atom is 0.200 e. The summed E-state index contributed by atoms with van der Waals surface area (Å²) in [5.74, 6) is -9.28. The van der Waals surface area contributed by atoms with Gasteiger partial charge in [-0.25, -0.2) is 52.6 Å². The fourth-order valence-corrected chi connectivity index (χ4v) is 3.16. The highest BCUT2D eigenvalue weighted by atomic mass is 35.5. The first-order valence-corrected chi connectivity index (χ1v) is 13.5. The molecule has 0 atom stereocenters. The Morgan fingerprint density at radius 2 is 0.980 bits per heavy atom. The smallest absolute Gasteiger partial charge is 0.200 e. The molecule has 0 nitrogen and oxygen atoms in total. The molecule has 0 saturated carbocycles. The van der Waals surface area contributed by atoms with Crippen LogP contribution in [0.1, 0.15) is 11.1 Å². The Morgan fingerprint density at radius 3 is 1.48 bits per heavy atom. The third kappa shape index (κ3) is 12.7. The Bertz CT molecular complexity index is 1840. The molecule has 0 aliphatic carbocycles. The second-order valence-corrected chi connectivity index (χ2v) is 9.47. The van der Waals surface area contributed by atoms with E-state index in [9.17, 15) is 30.7 Å². The van der Waals surface area contributed by atoms with Gasteiger partial charge in [-0.2, -0.15) is 0 Å². The molecule has 0 radical (unpaired) electrons. The second kappa shape index (κ2) is 20.0. The lowest BCUT2D eigenvalue weighted by molar-refractivity contribution is 0.384. The summed E-state index contributed by atoms with van der Waals surface area (Å²) in [4.78, 5) is 0. The summed E-state index contributed by atoms with van der Waals surface area (Å²) in [6, 6.07) is 31.6. The third-order valence-electron chi connectivity index (χ3n) is 5.27. The van der Waals surface area contributed by atoms with Gasteiger partial charge in [0, 0.05) is 0 Å². The van der Waals surface area contributed by atoms with Crippen molar-refractivity contribution in [3.8, 4) is 0 Å². The van der Waals surface area contributed by atoms with Gasteiger partial charge in [0.1, 0.15) is 23.3 Å². The highest BCUT2D eigenvalue weighted by Crippen LogP contribution is 2.18. The maximum atomic E-state index is 12.6. The minimum atomic E-state index is -2.09. The van der Waals surface area contributed by atoms with Crippen LogP contribution in [0.4, 0.5) is 30.7 Å². The van der Waals surface area contributed by atoms with Crippen LogP contribution in [0.25, 0.3) is 10.8 Å². The summed E-state index contributed by atoms with van der Waals surface area (Å²) in [6.07, 6.45) is 0. The van der Waals surface area contributed by atoms with E-state index in [0.29, 0.717) is 17.9 Å². The molecule has 0 bridgehead atoms. The topological polar surface area (TPSA) is 0 Å². The van der Waals surface area contributed by atoms with Gasteiger partial charge >= 0.3 is 0 Å². The van der Waals surface area contributed by atoms with E-state index >= 15 is 0 Å². The highest BCUT2D eigenvalue weighted by Gasteiger charge is 2.19. The molecule has 0 heterocycles. The highest BCUT2D eigenvalue weighted by molar-refractivity contribution is 6.43. The summed E-state index contributed by atoms with van der Waals surface area (Å²) < 4.78 is 86.8. The molecular weight excluding hydrogens is 690 g/mol. The Labute approximate surface area is 303 Å². The number of aryl methyl sites for hydroxylation is 2. The summed E-state index contributed by atoms with van der Waals surface area (Å²) in [5, 5.41) is 4.19. The lowest BCUT2D eigenvalue weighted by Crippen LogP contribution is -2.20. The van der Waals surface area contributed by atoms with Crippen molar-refractivity contribution in [2.24, 2.45) is 0 Å². The van der Waals surface area contributed by atoms with Gasteiger partial charge in [0.15, 0.2) is 17.5 Å². The summed E-state index contributed by atoms with van der Waals surface area (Å²) >= 11 is 11.4. The van der Waals surface area contributed by atoms with Gasteiger partial charge in [-0.15, -0.1) is 5.46 Å². The lowest BCUT2D eigenvalue weighted by atomic mass is 9.90. The fraction of sp³-hybridized carbons (Fsp3) is 0.0556. The third-order valence-corrected chi connectivity index (χ3v) is 6.01. The van der Waals surface area contributed by atoms with Gasteiger partial charge in [-0.1, -0.05) is 119 Å². The monoisotopic (exact) mass is 727 g/mol. The van der Waals surface area contributed by atoms with Crippen LogP contribution in [0.3, 0.4) is 0 Å². The molecule has 264 valence electrons. The minimum absolute atomic E-state index is 0.0532. The van der Waals surface area contributed by atoms with Gasteiger partial charge in [-0.3, -0.25) is 0 Å². The van der Waals surface area contributed by atoms with Crippen LogP contribution in [0.2, 0.25) is 10.0 Å². The quantitative estimate of drug-likeness (QED) is 0.0978. The van der Waals surface area contributed by atoms with Crippen LogP contribution >= 0.6 is 23.2 Å². The summed E-state index contributed by atoms with van der Waals surface area (Å²) in [5.41, 5.74) is 6.84. The molecule has 0 unspecified atom stereocenters. The van der Waals surface area contributed by atoms with Crippen LogP contribution < -0.4 is 27.3 Å². The number of hydrogen-bond acceptors (Lipinski definition) is 0. The number of rotatable bonds is 0. The van der Waals surface area contributed by atoms with Crippen molar-refractivity contribution in [3.63, 3.8) is 0 Å². The van der Waals surface area contributed by atoms with E-state index < -0.39 is 42.4 Å². The first-order valence-electron chi connectivity index (χ1n) is 12.7. The molecule has 0 aliphatic rings. The fourth-order valence-electron chi connectivity index (χ4n) is 2.92. The van der Waals surface area contributed by atoms with Crippen molar-refractivity contribution in [2.75, 3.05) is 0 Å². The van der Waals surface area contributed by atoms with Crippen LogP contribution in [-0.4, -0.2) is 39.2 Å². The van der Waals surface area contributed by atoms with Gasteiger partial charge in [-0.05, 0) is 76.2 Å². The Morgan fingerprint density at radius 1 is 0.460 bits per heavy atom. The van der Waals surface area contributed by atoms with Crippen molar-refractivity contribution in [3.05, 3.63) is 159 Å². The van der Waals surface area contributed by atoms with E-state index in [0.717, 1.165) is 5.56 Å². The average molecular weight is 728 g/mol. The Balaban J connectivity index is 0.000000218. The number of halogens is 9. The first kappa shape index (κ1) is 42.2. The zero-order valence-corrected chi connectivity index (χ0v) is 25.2. The summed E-state index contributed by atoms with van der Waals surface area (Å²) in [6.45, 7) is 3.82. The predicted octanol–water partition coefficient (Wildman–Crippen LogP) is 2.44. The predicted molar refractivity (Wildman–Crippen MR) is 217 cm³/mol. The maximum absolute atomic E-state index is 12.6.